The van der Waals surface area contributed by atoms with Gasteiger partial charge in [0, 0.05) is 0 Å². The molecule has 0 radical (unpaired) electrons. The van der Waals surface area contributed by atoms with E-state index < -0.39 is 0 Å². The van der Waals surface area contributed by atoms with Gasteiger partial charge in [0.2, 0.25) is 0 Å². The van der Waals surface area contributed by atoms with E-state index in [4.69, 9.17) is 0 Å². The number of nitriles is 1. The first kappa shape index (κ1) is 12.6. The fourth-order valence-electron chi connectivity index (χ4n) is 2.71. The molecule has 1 aliphatic rings. The predicted octanol–water partition coefficient (Wildman–Crippen LogP) is 4.68. The van der Waals surface area contributed by atoms with Gasteiger partial charge < -0.3 is 0 Å². The van der Waals surface area contributed by atoms with Crippen LogP contribution in [0.25, 0.3) is 0 Å². The zero-order chi connectivity index (χ0) is 11.4. The summed E-state index contributed by atoms with van der Waals surface area (Å²) >= 11 is 0. The molecule has 1 nitrogen and oxygen atoms in total. The summed E-state index contributed by atoms with van der Waals surface area (Å²) in [5.74, 6) is 0. The molecule has 1 aliphatic carbocycles. The highest BCUT2D eigenvalue weighted by Gasteiger charge is 2.56. The first-order valence-electron chi connectivity index (χ1n) is 6.55. The third-order valence-electron chi connectivity index (χ3n) is 4.28. The molecule has 0 aromatic rings. The molecule has 0 heterocycles. The maximum Gasteiger partial charge on any atom is 0.0695 e. The molecule has 1 fully saturated rings. The Labute approximate surface area is 94.9 Å². The smallest absolute Gasteiger partial charge is 0.0695 e. The minimum atomic E-state index is 0.0529. The van der Waals surface area contributed by atoms with Gasteiger partial charge >= 0.3 is 0 Å². The Morgan fingerprint density at radius 1 is 1.13 bits per heavy atom. The van der Waals surface area contributed by atoms with Crippen molar-refractivity contribution in [1.82, 2.24) is 0 Å². The van der Waals surface area contributed by atoms with Crippen LogP contribution in [0.15, 0.2) is 0 Å². The number of rotatable bonds is 7. The van der Waals surface area contributed by atoms with Crippen LogP contribution in [-0.4, -0.2) is 0 Å². The van der Waals surface area contributed by atoms with Crippen molar-refractivity contribution in [3.8, 4) is 6.07 Å². The molecule has 1 saturated carbocycles. The van der Waals surface area contributed by atoms with Gasteiger partial charge in [0.05, 0.1) is 11.5 Å². The standard InChI is InChI=1S/C14H25N/c1-4-6-8-13(3,9-7-5-2)14(12-15)10-11-14/h4-11H2,1-3H3. The Balaban J connectivity index is 2.63. The van der Waals surface area contributed by atoms with E-state index in [9.17, 15) is 5.26 Å². The van der Waals surface area contributed by atoms with Gasteiger partial charge in [-0.2, -0.15) is 5.26 Å². The second kappa shape index (κ2) is 5.01. The van der Waals surface area contributed by atoms with Crippen LogP contribution in [0.5, 0.6) is 0 Å². The van der Waals surface area contributed by atoms with Crippen molar-refractivity contribution < 1.29 is 0 Å². The van der Waals surface area contributed by atoms with Crippen molar-refractivity contribution in [2.45, 2.75) is 72.1 Å². The van der Waals surface area contributed by atoms with Crippen LogP contribution in [0.2, 0.25) is 0 Å². The van der Waals surface area contributed by atoms with Crippen molar-refractivity contribution >= 4 is 0 Å². The summed E-state index contributed by atoms with van der Waals surface area (Å²) in [4.78, 5) is 0. The molecule has 0 saturated heterocycles. The molecule has 0 aromatic carbocycles. The maximum absolute atomic E-state index is 9.34. The minimum Gasteiger partial charge on any atom is -0.198 e. The lowest BCUT2D eigenvalue weighted by Crippen LogP contribution is -2.28. The predicted molar refractivity (Wildman–Crippen MR) is 64.4 cm³/mol. The Morgan fingerprint density at radius 3 is 1.87 bits per heavy atom. The molecule has 0 bridgehead atoms. The summed E-state index contributed by atoms with van der Waals surface area (Å²) in [7, 11) is 0. The summed E-state index contributed by atoms with van der Waals surface area (Å²) in [6.07, 6.45) is 9.86. The number of hydrogen-bond donors (Lipinski definition) is 0. The molecule has 1 heteroatoms. The molecular formula is C14H25N. The van der Waals surface area contributed by atoms with Gasteiger partial charge in [-0.05, 0) is 31.1 Å². The zero-order valence-corrected chi connectivity index (χ0v) is 10.6. The van der Waals surface area contributed by atoms with E-state index in [-0.39, 0.29) is 5.41 Å². The first-order valence-corrected chi connectivity index (χ1v) is 6.55. The zero-order valence-electron chi connectivity index (χ0n) is 10.6. The lowest BCUT2D eigenvalue weighted by Gasteiger charge is -2.34. The summed E-state index contributed by atoms with van der Waals surface area (Å²) in [6, 6.07) is 2.61. The van der Waals surface area contributed by atoms with Gasteiger partial charge in [0.25, 0.3) is 0 Å². The van der Waals surface area contributed by atoms with Crippen LogP contribution < -0.4 is 0 Å². The number of unbranched alkanes of at least 4 members (excludes halogenated alkanes) is 2. The van der Waals surface area contributed by atoms with Crippen molar-refractivity contribution in [2.75, 3.05) is 0 Å². The van der Waals surface area contributed by atoms with E-state index in [0.717, 1.165) is 12.8 Å². The van der Waals surface area contributed by atoms with Gasteiger partial charge in [-0.25, -0.2) is 0 Å². The molecule has 0 atom stereocenters. The molecule has 0 amide bonds. The van der Waals surface area contributed by atoms with Gasteiger partial charge in [-0.3, -0.25) is 0 Å². The Hall–Kier alpha value is -0.510. The van der Waals surface area contributed by atoms with Crippen molar-refractivity contribution in [3.63, 3.8) is 0 Å². The highest BCUT2D eigenvalue weighted by Crippen LogP contribution is 2.62. The molecule has 0 N–H and O–H groups in total. The fourth-order valence-corrected chi connectivity index (χ4v) is 2.71. The molecule has 0 aromatic heterocycles. The third kappa shape index (κ3) is 2.54. The van der Waals surface area contributed by atoms with Gasteiger partial charge in [-0.15, -0.1) is 0 Å². The van der Waals surface area contributed by atoms with Gasteiger partial charge in [-0.1, -0.05) is 46.5 Å². The minimum absolute atomic E-state index is 0.0529. The lowest BCUT2D eigenvalue weighted by molar-refractivity contribution is 0.166. The quantitative estimate of drug-likeness (QED) is 0.594. The average molecular weight is 207 g/mol. The second-order valence-electron chi connectivity index (χ2n) is 5.46. The molecule has 15 heavy (non-hydrogen) atoms. The molecule has 86 valence electrons. The van der Waals surface area contributed by atoms with Crippen molar-refractivity contribution in [1.29, 1.82) is 5.26 Å². The van der Waals surface area contributed by atoms with E-state index in [1.165, 1.54) is 38.5 Å². The van der Waals surface area contributed by atoms with E-state index in [0.29, 0.717) is 5.41 Å². The fraction of sp³-hybridized carbons (Fsp3) is 0.929. The van der Waals surface area contributed by atoms with E-state index in [1.807, 2.05) is 0 Å². The van der Waals surface area contributed by atoms with Crippen molar-refractivity contribution in [2.24, 2.45) is 10.8 Å². The SMILES string of the molecule is CCCCC(C)(CCCC)C1(C#N)CC1. The average Bonchev–Trinajstić information content (AvgIpc) is 3.04. The molecule has 0 unspecified atom stereocenters. The van der Waals surface area contributed by atoms with Crippen LogP contribution in [0, 0.1) is 22.2 Å². The van der Waals surface area contributed by atoms with E-state index >= 15 is 0 Å². The maximum atomic E-state index is 9.34. The van der Waals surface area contributed by atoms with Gasteiger partial charge in [0.1, 0.15) is 0 Å². The Bertz CT molecular complexity index is 224. The first-order chi connectivity index (χ1) is 7.14. The second-order valence-corrected chi connectivity index (χ2v) is 5.46. The molecule has 0 aliphatic heterocycles. The molecular weight excluding hydrogens is 182 g/mol. The Kier molecular flexibility index (Phi) is 4.20. The summed E-state index contributed by atoms with van der Waals surface area (Å²) < 4.78 is 0. The summed E-state index contributed by atoms with van der Waals surface area (Å²) in [5.41, 5.74) is 0.352. The topological polar surface area (TPSA) is 23.8 Å². The molecule has 1 rings (SSSR count). The lowest BCUT2D eigenvalue weighted by atomic mass is 9.68. The highest BCUT2D eigenvalue weighted by atomic mass is 14.6. The largest absolute Gasteiger partial charge is 0.198 e. The third-order valence-corrected chi connectivity index (χ3v) is 4.28. The van der Waals surface area contributed by atoms with E-state index in [2.05, 4.69) is 26.8 Å². The highest BCUT2D eigenvalue weighted by molar-refractivity contribution is 5.17. The van der Waals surface area contributed by atoms with Crippen LogP contribution in [0.1, 0.15) is 72.1 Å². The molecule has 0 spiro atoms. The van der Waals surface area contributed by atoms with Gasteiger partial charge in [0.15, 0.2) is 0 Å². The van der Waals surface area contributed by atoms with Crippen molar-refractivity contribution in [3.05, 3.63) is 0 Å². The number of hydrogen-bond acceptors (Lipinski definition) is 1. The summed E-state index contributed by atoms with van der Waals surface area (Å²) in [5, 5.41) is 9.34. The summed E-state index contributed by atoms with van der Waals surface area (Å²) in [6.45, 7) is 6.84. The van der Waals surface area contributed by atoms with Crippen LogP contribution in [0.3, 0.4) is 0 Å². The number of nitrogens with zero attached hydrogens (tertiary/aromatic N) is 1. The van der Waals surface area contributed by atoms with E-state index in [1.54, 1.807) is 0 Å². The van der Waals surface area contributed by atoms with Crippen LogP contribution in [0.4, 0.5) is 0 Å². The van der Waals surface area contributed by atoms with Crippen LogP contribution in [-0.2, 0) is 0 Å². The van der Waals surface area contributed by atoms with Crippen LogP contribution >= 0.6 is 0 Å². The Morgan fingerprint density at radius 2 is 1.60 bits per heavy atom. The monoisotopic (exact) mass is 207 g/mol. The normalized spacial score (nSPS) is 18.5.